The summed E-state index contributed by atoms with van der Waals surface area (Å²) in [5.74, 6) is -1.38. The summed E-state index contributed by atoms with van der Waals surface area (Å²) in [4.78, 5) is 27.4. The third-order valence-corrected chi connectivity index (χ3v) is 6.64. The number of ether oxygens (including phenoxy) is 1. The first kappa shape index (κ1) is 26.3. The lowest BCUT2D eigenvalue weighted by Crippen LogP contribution is -2.25. The molecule has 1 aromatic heterocycles. The van der Waals surface area contributed by atoms with Crippen molar-refractivity contribution < 1.29 is 27.5 Å². The van der Waals surface area contributed by atoms with E-state index in [2.05, 4.69) is 0 Å². The first-order valence-corrected chi connectivity index (χ1v) is 11.7. The third-order valence-electron chi connectivity index (χ3n) is 6.40. The first-order chi connectivity index (χ1) is 17.3. The fourth-order valence-corrected chi connectivity index (χ4v) is 4.76. The number of esters is 1. The van der Waals surface area contributed by atoms with E-state index in [0.717, 1.165) is 39.7 Å². The molecule has 37 heavy (non-hydrogen) atoms. The molecule has 0 unspecified atom stereocenters. The number of anilines is 1. The lowest BCUT2D eigenvalue weighted by molar-refractivity contribution is -0.137. The maximum absolute atomic E-state index is 13.6. The van der Waals surface area contributed by atoms with Crippen LogP contribution in [0.1, 0.15) is 35.0 Å². The number of hydrogen-bond donors (Lipinski definition) is 0. The second-order valence-corrected chi connectivity index (χ2v) is 9.23. The molecular formula is C28H24ClF3N2O3. The van der Waals surface area contributed by atoms with Gasteiger partial charge in [0.25, 0.3) is 5.91 Å². The van der Waals surface area contributed by atoms with E-state index >= 15 is 0 Å². The SMILES string of the molecule is COC(=O)C1=C(C)N(c2cccc(C(F)(F)F)c2)C(=O)/C1=C\c1cc(C)n(-c2cc(Cl)ccc2C)c1C. The van der Waals surface area contributed by atoms with Gasteiger partial charge >= 0.3 is 12.1 Å². The zero-order valence-electron chi connectivity index (χ0n) is 20.8. The molecule has 0 aliphatic carbocycles. The van der Waals surface area contributed by atoms with Crippen molar-refractivity contribution in [1.29, 1.82) is 0 Å². The van der Waals surface area contributed by atoms with Gasteiger partial charge in [-0.2, -0.15) is 13.2 Å². The Morgan fingerprint density at radius 1 is 1.03 bits per heavy atom. The first-order valence-electron chi connectivity index (χ1n) is 11.3. The third kappa shape index (κ3) is 4.69. The van der Waals surface area contributed by atoms with Crippen LogP contribution in [0.2, 0.25) is 5.02 Å². The molecule has 0 spiro atoms. The molecule has 0 N–H and O–H groups in total. The van der Waals surface area contributed by atoms with Gasteiger partial charge in [0.05, 0.1) is 23.8 Å². The van der Waals surface area contributed by atoms with Crippen LogP contribution in [0.25, 0.3) is 11.8 Å². The van der Waals surface area contributed by atoms with Crippen LogP contribution in [0, 0.1) is 20.8 Å². The van der Waals surface area contributed by atoms with Crippen LogP contribution in [-0.2, 0) is 20.5 Å². The highest BCUT2D eigenvalue weighted by molar-refractivity contribution is 6.30. The maximum atomic E-state index is 13.6. The van der Waals surface area contributed by atoms with Crippen molar-refractivity contribution in [1.82, 2.24) is 4.57 Å². The van der Waals surface area contributed by atoms with Crippen LogP contribution in [0.4, 0.5) is 18.9 Å². The van der Waals surface area contributed by atoms with Crippen molar-refractivity contribution in [3.8, 4) is 5.69 Å². The highest BCUT2D eigenvalue weighted by atomic mass is 35.5. The van der Waals surface area contributed by atoms with E-state index in [1.807, 2.05) is 43.5 Å². The van der Waals surface area contributed by atoms with Gasteiger partial charge in [0.1, 0.15) is 0 Å². The number of halogens is 4. The zero-order chi connectivity index (χ0) is 27.2. The Kier molecular flexibility index (Phi) is 6.81. The molecule has 1 aliphatic rings. The molecule has 3 aromatic rings. The molecule has 0 atom stereocenters. The van der Waals surface area contributed by atoms with E-state index < -0.39 is 23.6 Å². The number of benzene rings is 2. The number of carbonyl (C=O) groups is 2. The Morgan fingerprint density at radius 2 is 1.73 bits per heavy atom. The van der Waals surface area contributed by atoms with Crippen LogP contribution in [0.5, 0.6) is 0 Å². The summed E-state index contributed by atoms with van der Waals surface area (Å²) in [5.41, 5.74) is 3.50. The lowest BCUT2D eigenvalue weighted by atomic mass is 10.0. The molecule has 5 nitrogen and oxygen atoms in total. The van der Waals surface area contributed by atoms with E-state index in [4.69, 9.17) is 16.3 Å². The second-order valence-electron chi connectivity index (χ2n) is 8.79. The molecule has 2 heterocycles. The summed E-state index contributed by atoms with van der Waals surface area (Å²) in [6.45, 7) is 7.24. The molecular weight excluding hydrogens is 505 g/mol. The van der Waals surface area contributed by atoms with E-state index in [1.54, 1.807) is 12.1 Å². The normalized spacial score (nSPS) is 15.2. The number of alkyl halides is 3. The Bertz CT molecular complexity index is 1500. The van der Waals surface area contributed by atoms with Gasteiger partial charge in [-0.05, 0) is 81.3 Å². The van der Waals surface area contributed by atoms with Crippen LogP contribution in [0.3, 0.4) is 0 Å². The predicted molar refractivity (Wildman–Crippen MR) is 137 cm³/mol. The summed E-state index contributed by atoms with van der Waals surface area (Å²) in [6, 6.07) is 11.8. The van der Waals surface area contributed by atoms with Gasteiger partial charge in [0, 0.05) is 33.5 Å². The topological polar surface area (TPSA) is 51.5 Å². The molecule has 9 heteroatoms. The summed E-state index contributed by atoms with van der Waals surface area (Å²) < 4.78 is 46.9. The molecule has 2 aromatic carbocycles. The van der Waals surface area contributed by atoms with Gasteiger partial charge in [0.15, 0.2) is 0 Å². The molecule has 0 fully saturated rings. The molecule has 0 radical (unpaired) electrons. The summed E-state index contributed by atoms with van der Waals surface area (Å²) in [5, 5.41) is 0.572. The molecule has 4 rings (SSSR count). The number of allylic oxidation sites excluding steroid dienone is 1. The number of rotatable bonds is 4. The average molecular weight is 529 g/mol. The van der Waals surface area contributed by atoms with Crippen molar-refractivity contribution in [2.75, 3.05) is 12.0 Å². The quantitative estimate of drug-likeness (QED) is 0.272. The number of methoxy groups -OCH3 is 1. The number of nitrogens with zero attached hydrogens (tertiary/aromatic N) is 2. The van der Waals surface area contributed by atoms with Gasteiger partial charge in [-0.25, -0.2) is 4.79 Å². The zero-order valence-corrected chi connectivity index (χ0v) is 21.6. The van der Waals surface area contributed by atoms with Crippen LogP contribution in [0.15, 0.2) is 65.4 Å². The maximum Gasteiger partial charge on any atom is 0.416 e. The van der Waals surface area contributed by atoms with Gasteiger partial charge in [-0.1, -0.05) is 23.7 Å². The number of hydrogen-bond acceptors (Lipinski definition) is 3. The molecule has 192 valence electrons. The second kappa shape index (κ2) is 9.59. The van der Waals surface area contributed by atoms with E-state index in [9.17, 15) is 22.8 Å². The average Bonchev–Trinajstić information content (AvgIpc) is 3.25. The minimum Gasteiger partial charge on any atom is -0.465 e. The van der Waals surface area contributed by atoms with Gasteiger partial charge < -0.3 is 9.30 Å². The smallest absolute Gasteiger partial charge is 0.416 e. The van der Waals surface area contributed by atoms with Gasteiger partial charge in [-0.15, -0.1) is 0 Å². The molecule has 0 saturated carbocycles. The minimum absolute atomic E-state index is 0.00199. The number of amides is 1. The standard InChI is InChI=1S/C28H24ClF3N2O3/c1-15-9-10-21(29)14-24(15)33-16(2)11-19(17(33)3)12-23-25(27(36)37-5)18(4)34(26(23)35)22-8-6-7-20(13-22)28(30,31)32/h6-14H,1-5H3/b23-12-. The van der Waals surface area contributed by atoms with E-state index in [1.165, 1.54) is 26.2 Å². The Balaban J connectivity index is 1.87. The van der Waals surface area contributed by atoms with Crippen LogP contribution < -0.4 is 4.90 Å². The molecule has 1 aliphatic heterocycles. The van der Waals surface area contributed by atoms with Crippen molar-refractivity contribution in [2.45, 2.75) is 33.9 Å². The van der Waals surface area contributed by atoms with Crippen molar-refractivity contribution >= 4 is 35.2 Å². The fraction of sp³-hybridized carbons (Fsp3) is 0.214. The van der Waals surface area contributed by atoms with E-state index in [0.29, 0.717) is 10.6 Å². The van der Waals surface area contributed by atoms with Crippen LogP contribution >= 0.6 is 11.6 Å². The minimum atomic E-state index is -4.59. The van der Waals surface area contributed by atoms with Crippen molar-refractivity contribution in [3.63, 3.8) is 0 Å². The van der Waals surface area contributed by atoms with E-state index in [-0.39, 0.29) is 22.5 Å². The van der Waals surface area contributed by atoms with Gasteiger partial charge in [-0.3, -0.25) is 9.69 Å². The Hall–Kier alpha value is -3.78. The number of aromatic nitrogens is 1. The molecule has 0 bridgehead atoms. The molecule has 1 amide bonds. The van der Waals surface area contributed by atoms with Gasteiger partial charge in [0.2, 0.25) is 0 Å². The summed E-state index contributed by atoms with van der Waals surface area (Å²) in [7, 11) is 1.19. The Labute approximate surface area is 217 Å². The summed E-state index contributed by atoms with van der Waals surface area (Å²) in [6.07, 6.45) is -3.01. The Morgan fingerprint density at radius 3 is 2.38 bits per heavy atom. The number of aryl methyl sites for hydroxylation is 2. The van der Waals surface area contributed by atoms with Crippen molar-refractivity contribution in [2.24, 2.45) is 0 Å². The predicted octanol–water partition coefficient (Wildman–Crippen LogP) is 6.95. The largest absolute Gasteiger partial charge is 0.465 e. The highest BCUT2D eigenvalue weighted by Gasteiger charge is 2.39. The molecule has 0 saturated heterocycles. The fourth-order valence-electron chi connectivity index (χ4n) is 4.60. The summed E-state index contributed by atoms with van der Waals surface area (Å²) >= 11 is 6.23. The lowest BCUT2D eigenvalue weighted by Gasteiger charge is -2.19. The van der Waals surface area contributed by atoms with Crippen molar-refractivity contribution in [3.05, 3.63) is 98.5 Å². The highest BCUT2D eigenvalue weighted by Crippen LogP contribution is 2.39. The number of carbonyl (C=O) groups excluding carboxylic acids is 2. The van der Waals surface area contributed by atoms with Crippen LogP contribution in [-0.4, -0.2) is 23.6 Å². The monoisotopic (exact) mass is 528 g/mol.